The number of carbonyl (C=O) groups is 4. The number of likely N-dealkylation sites (tertiary alicyclic amines) is 1. The van der Waals surface area contributed by atoms with Crippen LogP contribution in [0.25, 0.3) is 33.9 Å². The van der Waals surface area contributed by atoms with Crippen molar-refractivity contribution in [2.45, 2.75) is 62.9 Å². The quantitative estimate of drug-likeness (QED) is 0.178. The number of hydrogen-bond donors (Lipinski definition) is 1. The summed E-state index contributed by atoms with van der Waals surface area (Å²) >= 11 is 0. The van der Waals surface area contributed by atoms with Gasteiger partial charge in [-0.25, -0.2) is 9.97 Å². The number of anilines is 1. The summed E-state index contributed by atoms with van der Waals surface area (Å²) in [5, 5.41) is 7.35. The topological polar surface area (TPSA) is 186 Å². The van der Waals surface area contributed by atoms with E-state index in [-0.39, 0.29) is 37.1 Å². The lowest BCUT2D eigenvalue weighted by Crippen LogP contribution is -2.54. The molecule has 1 saturated carbocycles. The number of imide groups is 2. The SMILES string of the molecule is COc1cc(-c2nc(-c3ccc4cc(O[C@H]5C[C@H](OC6CCN(CCN7CCN(c8ccc9c(c8)C(=O)N(C8CCC(=O)NC8=O)C9=O)CC7)CC6)C5)ccc4n3)no2)ccn1. The fourth-order valence-electron chi connectivity index (χ4n) is 9.03. The van der Waals surface area contributed by atoms with Gasteiger partial charge >= 0.3 is 0 Å². The van der Waals surface area contributed by atoms with Gasteiger partial charge in [0, 0.05) is 101 Å². The third-order valence-corrected chi connectivity index (χ3v) is 12.7. The monoisotopic (exact) mass is 841 g/mol. The van der Waals surface area contributed by atoms with Crippen LogP contribution in [0.5, 0.6) is 11.6 Å². The van der Waals surface area contributed by atoms with Crippen LogP contribution in [-0.2, 0) is 14.3 Å². The number of rotatable bonds is 12. The fourth-order valence-corrected chi connectivity index (χ4v) is 9.03. The zero-order valence-electron chi connectivity index (χ0n) is 34.4. The predicted molar refractivity (Wildman–Crippen MR) is 225 cm³/mol. The van der Waals surface area contributed by atoms with E-state index in [1.165, 1.54) is 0 Å². The first kappa shape index (κ1) is 39.8. The van der Waals surface area contributed by atoms with E-state index in [9.17, 15) is 19.2 Å². The van der Waals surface area contributed by atoms with Crippen LogP contribution in [0.4, 0.5) is 5.69 Å². The summed E-state index contributed by atoms with van der Waals surface area (Å²) in [6, 6.07) is 17.7. The lowest BCUT2D eigenvalue weighted by molar-refractivity contribution is -0.136. The summed E-state index contributed by atoms with van der Waals surface area (Å²) in [5.41, 5.74) is 3.65. The first-order chi connectivity index (χ1) is 30.2. The van der Waals surface area contributed by atoms with Crippen molar-refractivity contribution in [2.24, 2.45) is 0 Å². The van der Waals surface area contributed by atoms with Gasteiger partial charge in [-0.1, -0.05) is 11.2 Å². The normalized spacial score (nSPS) is 22.5. The molecule has 5 aliphatic rings. The number of ether oxygens (including phenoxy) is 3. The minimum Gasteiger partial charge on any atom is -0.490 e. The van der Waals surface area contributed by atoms with Gasteiger partial charge in [0.2, 0.25) is 23.5 Å². The third-order valence-electron chi connectivity index (χ3n) is 12.7. The smallest absolute Gasteiger partial charge is 0.262 e. The lowest BCUT2D eigenvalue weighted by Gasteiger charge is -2.40. The number of piperidine rings is 2. The number of pyridine rings is 2. The van der Waals surface area contributed by atoms with E-state index < -0.39 is 23.8 Å². The fraction of sp³-hybridized carbons (Fsp3) is 0.422. The molecule has 1 unspecified atom stereocenters. The molecular formula is C45H47N9O8. The van der Waals surface area contributed by atoms with Crippen molar-refractivity contribution < 1.29 is 37.9 Å². The second kappa shape index (κ2) is 16.9. The van der Waals surface area contributed by atoms with E-state index in [2.05, 4.69) is 35.1 Å². The van der Waals surface area contributed by atoms with Crippen LogP contribution in [0.2, 0.25) is 0 Å². The molecule has 0 spiro atoms. The second-order valence-corrected chi connectivity index (χ2v) is 16.6. The van der Waals surface area contributed by atoms with Crippen molar-refractivity contribution in [1.29, 1.82) is 0 Å². The number of piperazine rings is 1. The Kier molecular flexibility index (Phi) is 10.8. The first-order valence-corrected chi connectivity index (χ1v) is 21.4. The molecule has 4 aliphatic heterocycles. The molecule has 3 saturated heterocycles. The van der Waals surface area contributed by atoms with Gasteiger partial charge in [-0.3, -0.25) is 34.3 Å². The van der Waals surface area contributed by atoms with E-state index in [0.717, 1.165) is 105 Å². The first-order valence-electron chi connectivity index (χ1n) is 21.4. The molecule has 0 radical (unpaired) electrons. The second-order valence-electron chi connectivity index (χ2n) is 16.6. The lowest BCUT2D eigenvalue weighted by atomic mass is 9.91. The Hall–Kier alpha value is -6.30. The van der Waals surface area contributed by atoms with Gasteiger partial charge in [0.25, 0.3) is 17.7 Å². The standard InChI is InChI=1S/C45H47N9O8/c1-59-40-23-28(10-13-46-40)43-49-41(50-62-43)37-6-2-27-22-31(4-7-36(27)47-37)61-33-25-32(26-33)60-30-11-14-51(15-12-30)16-17-52-18-20-53(21-19-52)29-3-5-34-35(24-29)45(58)54(44(34)57)38-8-9-39(55)48-42(38)56/h2-7,10,13,22-24,30,32-33,38H,8-9,11-12,14-21,25-26H2,1H3,(H,48,55,56)/t32-,33-,38?. The zero-order chi connectivity index (χ0) is 42.3. The van der Waals surface area contributed by atoms with Crippen molar-refractivity contribution >= 4 is 40.2 Å². The molecule has 0 bridgehead atoms. The minimum absolute atomic E-state index is 0.0975. The highest BCUT2D eigenvalue weighted by Crippen LogP contribution is 2.34. The number of benzene rings is 2. The Morgan fingerprint density at radius 3 is 2.35 bits per heavy atom. The molecule has 3 aromatic heterocycles. The molecule has 4 amide bonds. The Morgan fingerprint density at radius 1 is 0.774 bits per heavy atom. The summed E-state index contributed by atoms with van der Waals surface area (Å²) in [4.78, 5) is 72.2. The van der Waals surface area contributed by atoms with Crippen LogP contribution < -0.4 is 19.7 Å². The predicted octanol–water partition coefficient (Wildman–Crippen LogP) is 3.97. The summed E-state index contributed by atoms with van der Waals surface area (Å²) in [6.45, 7) is 7.49. The van der Waals surface area contributed by atoms with Gasteiger partial charge in [-0.2, -0.15) is 4.98 Å². The van der Waals surface area contributed by atoms with Crippen molar-refractivity contribution in [1.82, 2.24) is 40.1 Å². The van der Waals surface area contributed by atoms with Gasteiger partial charge in [0.15, 0.2) is 0 Å². The highest BCUT2D eigenvalue weighted by Gasteiger charge is 2.45. The summed E-state index contributed by atoms with van der Waals surface area (Å²) in [6.07, 6.45) is 6.30. The van der Waals surface area contributed by atoms with Crippen LogP contribution in [0, 0.1) is 0 Å². The number of methoxy groups -OCH3 is 1. The van der Waals surface area contributed by atoms with E-state index in [1.54, 1.807) is 37.6 Å². The third kappa shape index (κ3) is 8.10. The number of nitrogens with zero attached hydrogens (tertiary/aromatic N) is 8. The number of amides is 4. The summed E-state index contributed by atoms with van der Waals surface area (Å²) < 4.78 is 23.5. The molecule has 10 rings (SSSR count). The average molecular weight is 842 g/mol. The molecule has 2 aromatic carbocycles. The number of aromatic nitrogens is 4. The van der Waals surface area contributed by atoms with Crippen LogP contribution in [0.1, 0.15) is 59.2 Å². The maximum Gasteiger partial charge on any atom is 0.262 e. The van der Waals surface area contributed by atoms with Crippen molar-refractivity contribution in [3.63, 3.8) is 0 Å². The molecule has 1 atom stereocenters. The van der Waals surface area contributed by atoms with E-state index in [0.29, 0.717) is 40.0 Å². The Bertz CT molecular complexity index is 2530. The highest BCUT2D eigenvalue weighted by atomic mass is 16.5. The largest absolute Gasteiger partial charge is 0.490 e. The zero-order valence-corrected chi connectivity index (χ0v) is 34.4. The number of fused-ring (bicyclic) bond motifs is 2. The molecule has 1 N–H and O–H groups in total. The maximum atomic E-state index is 13.3. The van der Waals surface area contributed by atoms with E-state index >= 15 is 0 Å². The van der Waals surface area contributed by atoms with Gasteiger partial charge in [-0.15, -0.1) is 0 Å². The molecule has 4 fully saturated rings. The van der Waals surface area contributed by atoms with Gasteiger partial charge in [0.1, 0.15) is 23.6 Å². The van der Waals surface area contributed by atoms with Crippen LogP contribution >= 0.6 is 0 Å². The van der Waals surface area contributed by atoms with Crippen molar-refractivity contribution in [3.8, 4) is 34.6 Å². The van der Waals surface area contributed by atoms with Crippen molar-refractivity contribution in [3.05, 3.63) is 78.0 Å². The van der Waals surface area contributed by atoms with Crippen LogP contribution in [0.15, 0.2) is 71.4 Å². The summed E-state index contributed by atoms with van der Waals surface area (Å²) in [7, 11) is 1.56. The molecular weight excluding hydrogens is 795 g/mol. The van der Waals surface area contributed by atoms with Crippen LogP contribution in [-0.4, -0.2) is 142 Å². The molecule has 320 valence electrons. The van der Waals surface area contributed by atoms with E-state index in [4.69, 9.17) is 23.7 Å². The number of nitrogens with one attached hydrogen (secondary N) is 1. The van der Waals surface area contributed by atoms with Gasteiger partial charge in [0.05, 0.1) is 36.0 Å². The van der Waals surface area contributed by atoms with E-state index in [1.807, 2.05) is 36.4 Å². The molecule has 7 heterocycles. The molecule has 17 nitrogen and oxygen atoms in total. The van der Waals surface area contributed by atoms with Crippen LogP contribution in [0.3, 0.4) is 0 Å². The number of hydrogen-bond acceptors (Lipinski definition) is 15. The van der Waals surface area contributed by atoms with Gasteiger partial charge in [-0.05, 0) is 67.8 Å². The Morgan fingerprint density at radius 2 is 1.56 bits per heavy atom. The molecule has 17 heteroatoms. The minimum atomic E-state index is -0.965. The number of carbonyl (C=O) groups excluding carboxylic acids is 4. The molecule has 5 aromatic rings. The Labute approximate surface area is 357 Å². The summed E-state index contributed by atoms with van der Waals surface area (Å²) in [5.74, 6) is 0.0928. The Balaban J connectivity index is 0.630. The molecule has 62 heavy (non-hydrogen) atoms. The van der Waals surface area contributed by atoms with Gasteiger partial charge < -0.3 is 28.5 Å². The molecule has 1 aliphatic carbocycles. The maximum absolute atomic E-state index is 13.3. The highest BCUT2D eigenvalue weighted by molar-refractivity contribution is 6.23. The van der Waals surface area contributed by atoms with Crippen molar-refractivity contribution in [2.75, 3.05) is 64.4 Å². The average Bonchev–Trinajstić information content (AvgIpc) is 3.88.